The van der Waals surface area contributed by atoms with E-state index in [-0.39, 0.29) is 29.0 Å². The molecule has 0 aliphatic carbocycles. The molecule has 162 valence electrons. The zero-order chi connectivity index (χ0) is 22.1. The van der Waals surface area contributed by atoms with E-state index >= 15 is 0 Å². The molecule has 1 aromatic carbocycles. The summed E-state index contributed by atoms with van der Waals surface area (Å²) in [4.78, 5) is 44.2. The number of aromatic nitrogens is 2. The lowest BCUT2D eigenvalue weighted by Gasteiger charge is -2.42. The van der Waals surface area contributed by atoms with Crippen molar-refractivity contribution < 1.29 is 9.59 Å². The zero-order valence-corrected chi connectivity index (χ0v) is 17.4. The van der Waals surface area contributed by atoms with Crippen LogP contribution in [0.5, 0.6) is 0 Å². The predicted octanol–water partition coefficient (Wildman–Crippen LogP) is 3.15. The Hall–Kier alpha value is -3.94. The molecule has 4 heterocycles. The molecule has 2 aliphatic heterocycles. The van der Waals surface area contributed by atoms with Gasteiger partial charge in [0.2, 0.25) is 0 Å². The van der Waals surface area contributed by atoms with Crippen molar-refractivity contribution >= 4 is 23.3 Å². The molecular formula is C24H23N5O3. The normalized spacial score (nSPS) is 19.1. The zero-order valence-electron chi connectivity index (χ0n) is 17.4. The monoisotopic (exact) mass is 429 g/mol. The first kappa shape index (κ1) is 20.0. The van der Waals surface area contributed by atoms with Crippen molar-refractivity contribution in [1.82, 2.24) is 14.5 Å². The maximum atomic E-state index is 13.1. The van der Waals surface area contributed by atoms with Crippen molar-refractivity contribution in [3.63, 3.8) is 0 Å². The highest BCUT2D eigenvalue weighted by Gasteiger charge is 2.37. The Morgan fingerprint density at radius 1 is 0.938 bits per heavy atom. The van der Waals surface area contributed by atoms with E-state index in [9.17, 15) is 14.4 Å². The smallest absolute Gasteiger partial charge is 0.323 e. The van der Waals surface area contributed by atoms with Crippen molar-refractivity contribution in [3.8, 4) is 0 Å². The summed E-state index contributed by atoms with van der Waals surface area (Å²) in [6.07, 6.45) is 4.18. The van der Waals surface area contributed by atoms with Crippen LogP contribution in [0.4, 0.5) is 16.2 Å². The molecule has 2 aliphatic rings. The fraction of sp³-hybridized carbons (Fsp3) is 0.250. The third-order valence-electron chi connectivity index (χ3n) is 6.08. The maximum Gasteiger partial charge on any atom is 0.323 e. The number of amides is 3. The Kier molecular flexibility index (Phi) is 5.18. The summed E-state index contributed by atoms with van der Waals surface area (Å²) in [7, 11) is 0. The second-order valence-corrected chi connectivity index (χ2v) is 8.28. The Labute approximate surface area is 184 Å². The second-order valence-electron chi connectivity index (χ2n) is 8.28. The molecule has 0 saturated carbocycles. The van der Waals surface area contributed by atoms with Crippen LogP contribution in [0.15, 0.2) is 71.8 Å². The van der Waals surface area contributed by atoms with Gasteiger partial charge in [0.05, 0.1) is 5.56 Å². The molecule has 1 fully saturated rings. The van der Waals surface area contributed by atoms with Crippen molar-refractivity contribution in [2.45, 2.75) is 18.9 Å². The predicted molar refractivity (Wildman–Crippen MR) is 121 cm³/mol. The summed E-state index contributed by atoms with van der Waals surface area (Å²) in [6.45, 7) is 1.69. The molecular weight excluding hydrogens is 406 g/mol. The summed E-state index contributed by atoms with van der Waals surface area (Å²) >= 11 is 0. The first-order valence-electron chi connectivity index (χ1n) is 10.6. The number of anilines is 2. The number of hydrogen-bond acceptors (Lipinski definition) is 4. The lowest BCUT2D eigenvalue weighted by Crippen LogP contribution is -2.49. The van der Waals surface area contributed by atoms with E-state index in [2.05, 4.69) is 15.6 Å². The summed E-state index contributed by atoms with van der Waals surface area (Å²) in [5.74, 6) is 0.246. The van der Waals surface area contributed by atoms with Gasteiger partial charge in [0.1, 0.15) is 5.69 Å². The number of rotatable bonds is 3. The van der Waals surface area contributed by atoms with Crippen LogP contribution in [-0.4, -0.2) is 39.5 Å². The highest BCUT2D eigenvalue weighted by molar-refractivity contribution is 5.99. The van der Waals surface area contributed by atoms with E-state index in [0.717, 1.165) is 12.1 Å². The number of benzene rings is 1. The Bertz CT molecular complexity index is 1210. The van der Waals surface area contributed by atoms with Gasteiger partial charge in [0.15, 0.2) is 0 Å². The van der Waals surface area contributed by atoms with Crippen molar-refractivity contribution in [1.29, 1.82) is 0 Å². The van der Waals surface area contributed by atoms with Crippen LogP contribution in [0.1, 0.15) is 28.4 Å². The van der Waals surface area contributed by atoms with Gasteiger partial charge < -0.3 is 20.1 Å². The lowest BCUT2D eigenvalue weighted by atomic mass is 9.83. The van der Waals surface area contributed by atoms with Crippen LogP contribution in [0.2, 0.25) is 0 Å². The summed E-state index contributed by atoms with van der Waals surface area (Å²) in [5, 5.41) is 5.39. The van der Waals surface area contributed by atoms with E-state index in [1.807, 2.05) is 29.2 Å². The number of carbonyl (C=O) groups excluding carboxylic acids is 2. The molecule has 1 saturated heterocycles. The minimum Gasteiger partial charge on any atom is -0.338 e. The molecule has 5 rings (SSSR count). The van der Waals surface area contributed by atoms with Crippen LogP contribution in [0.25, 0.3) is 0 Å². The minimum atomic E-state index is -0.460. The average Bonchev–Trinajstić information content (AvgIpc) is 2.82. The van der Waals surface area contributed by atoms with Gasteiger partial charge in [0.25, 0.3) is 11.5 Å². The summed E-state index contributed by atoms with van der Waals surface area (Å²) in [5.41, 5.74) is 2.16. The maximum absolute atomic E-state index is 13.1. The average molecular weight is 429 g/mol. The number of nitrogens with one attached hydrogen (secondary N) is 2. The highest BCUT2D eigenvalue weighted by Crippen LogP contribution is 2.36. The number of likely N-dealkylation sites (tertiary alicyclic amines) is 1. The van der Waals surface area contributed by atoms with Crippen LogP contribution < -0.4 is 16.2 Å². The van der Waals surface area contributed by atoms with Gasteiger partial charge in [-0.15, -0.1) is 0 Å². The Morgan fingerprint density at radius 3 is 2.56 bits per heavy atom. The molecule has 2 aromatic heterocycles. The molecule has 2 bridgehead atoms. The van der Waals surface area contributed by atoms with Gasteiger partial charge in [-0.25, -0.2) is 4.79 Å². The molecule has 0 spiro atoms. The molecule has 2 N–H and O–H groups in total. The third kappa shape index (κ3) is 3.87. The van der Waals surface area contributed by atoms with Crippen LogP contribution >= 0.6 is 0 Å². The van der Waals surface area contributed by atoms with Gasteiger partial charge in [0, 0.05) is 49.3 Å². The molecule has 0 radical (unpaired) electrons. The van der Waals surface area contributed by atoms with Crippen molar-refractivity contribution in [2.75, 3.05) is 23.7 Å². The number of fused-ring (bicyclic) bond motifs is 4. The highest BCUT2D eigenvalue weighted by atomic mass is 16.2. The van der Waals surface area contributed by atoms with Crippen LogP contribution in [0.3, 0.4) is 0 Å². The van der Waals surface area contributed by atoms with Gasteiger partial charge in [-0.1, -0.05) is 18.2 Å². The lowest BCUT2D eigenvalue weighted by molar-refractivity contribution is 0.0594. The van der Waals surface area contributed by atoms with Crippen LogP contribution in [0, 0.1) is 5.92 Å². The number of para-hydroxylation sites is 1. The van der Waals surface area contributed by atoms with E-state index < -0.39 is 6.03 Å². The first-order valence-corrected chi connectivity index (χ1v) is 10.6. The summed E-state index contributed by atoms with van der Waals surface area (Å²) in [6, 6.07) is 15.7. The number of carbonyl (C=O) groups is 2. The quantitative estimate of drug-likeness (QED) is 0.669. The van der Waals surface area contributed by atoms with Gasteiger partial charge in [-0.05, 0) is 48.7 Å². The standard InChI is InChI=1S/C24H23N5O3/c30-22(17-5-4-10-25-12-17)28-13-16-11-18(15-28)21-9-8-20(23(31)29(21)14-16)27-24(32)26-19-6-2-1-3-7-19/h1-10,12,16,18H,11,13-15H2,(H2,26,27,32)/t16-,18+/m0/s1. The van der Waals surface area contributed by atoms with E-state index in [4.69, 9.17) is 0 Å². The van der Waals surface area contributed by atoms with E-state index in [1.165, 1.54) is 0 Å². The van der Waals surface area contributed by atoms with Crippen molar-refractivity contribution in [3.05, 3.63) is 88.6 Å². The summed E-state index contributed by atoms with van der Waals surface area (Å²) < 4.78 is 1.75. The van der Waals surface area contributed by atoms with E-state index in [0.29, 0.717) is 30.9 Å². The number of urea groups is 1. The number of pyridine rings is 2. The fourth-order valence-corrected chi connectivity index (χ4v) is 4.68. The fourth-order valence-electron chi connectivity index (χ4n) is 4.68. The second kappa shape index (κ2) is 8.30. The molecule has 2 atom stereocenters. The number of piperidine rings is 1. The first-order chi connectivity index (χ1) is 15.6. The van der Waals surface area contributed by atoms with Gasteiger partial charge in [-0.3, -0.25) is 14.6 Å². The molecule has 3 aromatic rings. The molecule has 8 heteroatoms. The largest absolute Gasteiger partial charge is 0.338 e. The molecule has 0 unspecified atom stereocenters. The van der Waals surface area contributed by atoms with Crippen molar-refractivity contribution in [2.24, 2.45) is 5.92 Å². The number of nitrogens with zero attached hydrogens (tertiary/aromatic N) is 3. The van der Waals surface area contributed by atoms with Crippen LogP contribution in [-0.2, 0) is 6.54 Å². The van der Waals surface area contributed by atoms with Gasteiger partial charge in [-0.2, -0.15) is 0 Å². The van der Waals surface area contributed by atoms with Gasteiger partial charge >= 0.3 is 6.03 Å². The SMILES string of the molecule is O=C(Nc1ccccc1)Nc1ccc2n(c1=O)C[C@H]1C[C@@H]2CN(C(=O)c2cccnc2)C1. The third-order valence-corrected chi connectivity index (χ3v) is 6.08. The Morgan fingerprint density at radius 2 is 1.78 bits per heavy atom. The van der Waals surface area contributed by atoms with E-state index in [1.54, 1.807) is 47.3 Å². The Balaban J connectivity index is 1.34. The molecule has 3 amide bonds. The number of hydrogen-bond donors (Lipinski definition) is 2. The topological polar surface area (TPSA) is 96.3 Å². The molecule has 32 heavy (non-hydrogen) atoms. The molecule has 8 nitrogen and oxygen atoms in total. The minimum absolute atomic E-state index is 0.0283.